The molecule has 20 heavy (non-hydrogen) atoms. The lowest BCUT2D eigenvalue weighted by Gasteiger charge is -2.22. The largest absolute Gasteiger partial charge is 0.369 e. The molecule has 1 saturated carbocycles. The second kappa shape index (κ2) is 5.28. The first kappa shape index (κ1) is 13.7. The van der Waals surface area contributed by atoms with Crippen molar-refractivity contribution in [3.8, 4) is 0 Å². The summed E-state index contributed by atoms with van der Waals surface area (Å²) in [7, 11) is 0. The van der Waals surface area contributed by atoms with Crippen LogP contribution in [0.2, 0.25) is 0 Å². The number of nitrogens with two attached hydrogens (primary N) is 1. The molecule has 3 nitrogen and oxygen atoms in total. The van der Waals surface area contributed by atoms with Gasteiger partial charge in [0.1, 0.15) is 5.82 Å². The third-order valence-electron chi connectivity index (χ3n) is 4.13. The molecule has 0 saturated heterocycles. The molecule has 0 radical (unpaired) electrons. The van der Waals surface area contributed by atoms with Gasteiger partial charge >= 0.3 is 0 Å². The summed E-state index contributed by atoms with van der Waals surface area (Å²) in [5, 5.41) is 0.588. The average molecular weight is 293 g/mol. The number of nitrogen functional groups attached to an aromatic ring is 1. The minimum atomic E-state index is -0.215. The highest BCUT2D eigenvalue weighted by atomic mass is 32.2. The van der Waals surface area contributed by atoms with Crippen molar-refractivity contribution in [3.05, 3.63) is 23.5 Å². The highest BCUT2D eigenvalue weighted by Gasteiger charge is 2.31. The Hall–Kier alpha value is -1.23. The molecule has 0 aliphatic heterocycles. The number of imidazole rings is 1. The molecule has 1 heterocycles. The fourth-order valence-corrected chi connectivity index (χ4v) is 4.44. The van der Waals surface area contributed by atoms with E-state index in [1.54, 1.807) is 6.92 Å². The SMILES string of the molecule is CCSC1CCCC1n1c(N)nc2cc(F)c(C)cc21. The van der Waals surface area contributed by atoms with E-state index in [4.69, 9.17) is 5.73 Å². The number of hydrogen-bond donors (Lipinski definition) is 1. The van der Waals surface area contributed by atoms with E-state index in [-0.39, 0.29) is 5.82 Å². The van der Waals surface area contributed by atoms with Gasteiger partial charge in [-0.2, -0.15) is 11.8 Å². The van der Waals surface area contributed by atoms with Crippen molar-refractivity contribution in [3.63, 3.8) is 0 Å². The summed E-state index contributed by atoms with van der Waals surface area (Å²) < 4.78 is 15.8. The Kier molecular flexibility index (Phi) is 3.63. The van der Waals surface area contributed by atoms with Gasteiger partial charge in [0.25, 0.3) is 0 Å². The monoisotopic (exact) mass is 293 g/mol. The molecule has 3 rings (SSSR count). The maximum Gasteiger partial charge on any atom is 0.201 e. The molecular formula is C15H20FN3S. The Morgan fingerprint density at radius 1 is 1.45 bits per heavy atom. The van der Waals surface area contributed by atoms with Crippen LogP contribution in [0, 0.1) is 12.7 Å². The highest BCUT2D eigenvalue weighted by molar-refractivity contribution is 7.99. The van der Waals surface area contributed by atoms with Gasteiger partial charge in [-0.05, 0) is 37.1 Å². The van der Waals surface area contributed by atoms with Crippen LogP contribution in [0.4, 0.5) is 10.3 Å². The van der Waals surface area contributed by atoms with E-state index in [1.807, 2.05) is 17.8 Å². The van der Waals surface area contributed by atoms with Gasteiger partial charge in [0.2, 0.25) is 5.95 Å². The molecular weight excluding hydrogens is 273 g/mol. The maximum atomic E-state index is 13.7. The zero-order chi connectivity index (χ0) is 14.3. The van der Waals surface area contributed by atoms with E-state index in [0.717, 1.165) is 17.7 Å². The fourth-order valence-electron chi connectivity index (χ4n) is 3.20. The van der Waals surface area contributed by atoms with Crippen molar-refractivity contribution >= 4 is 28.7 Å². The molecule has 1 aliphatic rings. The number of hydrogen-bond acceptors (Lipinski definition) is 3. The summed E-state index contributed by atoms with van der Waals surface area (Å²) in [6.07, 6.45) is 3.58. The van der Waals surface area contributed by atoms with Crippen LogP contribution in [-0.2, 0) is 0 Å². The van der Waals surface area contributed by atoms with Crippen molar-refractivity contribution in [1.29, 1.82) is 0 Å². The number of halogens is 1. The van der Waals surface area contributed by atoms with Crippen molar-refractivity contribution in [2.24, 2.45) is 0 Å². The van der Waals surface area contributed by atoms with Crippen molar-refractivity contribution in [2.45, 2.75) is 44.4 Å². The van der Waals surface area contributed by atoms with Gasteiger partial charge in [0, 0.05) is 17.4 Å². The minimum Gasteiger partial charge on any atom is -0.369 e. The number of fused-ring (bicyclic) bond motifs is 1. The first-order valence-corrected chi connectivity index (χ1v) is 8.22. The molecule has 2 N–H and O–H groups in total. The molecule has 2 unspecified atom stereocenters. The molecule has 0 spiro atoms. The number of thioether (sulfide) groups is 1. The zero-order valence-electron chi connectivity index (χ0n) is 11.9. The van der Waals surface area contributed by atoms with Crippen LogP contribution >= 0.6 is 11.8 Å². The Balaban J connectivity index is 2.10. The summed E-state index contributed by atoms with van der Waals surface area (Å²) >= 11 is 1.99. The first-order chi connectivity index (χ1) is 9.61. The average Bonchev–Trinajstić information content (AvgIpc) is 2.95. The van der Waals surface area contributed by atoms with Gasteiger partial charge in [-0.25, -0.2) is 9.37 Å². The number of aryl methyl sites for hydroxylation is 1. The smallest absolute Gasteiger partial charge is 0.201 e. The van der Waals surface area contributed by atoms with E-state index in [9.17, 15) is 4.39 Å². The van der Waals surface area contributed by atoms with Gasteiger partial charge in [-0.3, -0.25) is 0 Å². The Morgan fingerprint density at radius 3 is 3.00 bits per heavy atom. The van der Waals surface area contributed by atoms with Crippen molar-refractivity contribution in [2.75, 3.05) is 11.5 Å². The van der Waals surface area contributed by atoms with Crippen LogP contribution in [-0.4, -0.2) is 20.6 Å². The number of benzene rings is 1. The Labute approximate surface area is 122 Å². The van der Waals surface area contributed by atoms with E-state index >= 15 is 0 Å². The molecule has 2 atom stereocenters. The molecule has 0 amide bonds. The summed E-state index contributed by atoms with van der Waals surface area (Å²) in [5.74, 6) is 1.41. The molecule has 1 aromatic carbocycles. The van der Waals surface area contributed by atoms with E-state index < -0.39 is 0 Å². The minimum absolute atomic E-state index is 0.215. The molecule has 1 aromatic heterocycles. The Bertz CT molecular complexity index is 638. The lowest BCUT2D eigenvalue weighted by molar-refractivity contribution is 0.549. The lowest BCUT2D eigenvalue weighted by atomic mass is 10.2. The topological polar surface area (TPSA) is 43.8 Å². The molecule has 108 valence electrons. The number of rotatable bonds is 3. The van der Waals surface area contributed by atoms with Crippen LogP contribution in [0.5, 0.6) is 0 Å². The second-order valence-corrected chi connectivity index (χ2v) is 6.94. The van der Waals surface area contributed by atoms with Crippen LogP contribution in [0.15, 0.2) is 12.1 Å². The summed E-state index contributed by atoms with van der Waals surface area (Å²) in [6, 6.07) is 3.75. The molecule has 0 bridgehead atoms. The highest BCUT2D eigenvalue weighted by Crippen LogP contribution is 2.41. The third-order valence-corrected chi connectivity index (χ3v) is 5.44. The first-order valence-electron chi connectivity index (χ1n) is 7.17. The van der Waals surface area contributed by atoms with Crippen molar-refractivity contribution in [1.82, 2.24) is 9.55 Å². The standard InChI is InChI=1S/C15H20FN3S/c1-3-20-14-6-4-5-12(14)19-13-7-9(2)10(16)8-11(13)18-15(19)17/h7-8,12,14H,3-6H2,1-2H3,(H2,17,18). The second-order valence-electron chi connectivity index (χ2n) is 5.42. The summed E-state index contributed by atoms with van der Waals surface area (Å²) in [5.41, 5.74) is 8.39. The quantitative estimate of drug-likeness (QED) is 0.933. The molecule has 2 aromatic rings. The fraction of sp³-hybridized carbons (Fsp3) is 0.533. The maximum absolute atomic E-state index is 13.7. The number of aromatic nitrogens is 2. The zero-order valence-corrected chi connectivity index (χ0v) is 12.7. The molecule has 1 fully saturated rings. The predicted molar refractivity (Wildman–Crippen MR) is 83.6 cm³/mol. The van der Waals surface area contributed by atoms with E-state index in [0.29, 0.717) is 28.3 Å². The van der Waals surface area contributed by atoms with Gasteiger partial charge in [0.05, 0.1) is 11.0 Å². The predicted octanol–water partition coefficient (Wildman–Crippen LogP) is 3.91. The summed E-state index contributed by atoms with van der Waals surface area (Å²) in [4.78, 5) is 4.35. The summed E-state index contributed by atoms with van der Waals surface area (Å²) in [6.45, 7) is 3.98. The van der Waals surface area contributed by atoms with Crippen LogP contribution in [0.3, 0.4) is 0 Å². The molecule has 1 aliphatic carbocycles. The van der Waals surface area contributed by atoms with Gasteiger partial charge in [-0.1, -0.05) is 13.3 Å². The van der Waals surface area contributed by atoms with Gasteiger partial charge in [-0.15, -0.1) is 0 Å². The normalized spacial score (nSPS) is 22.8. The van der Waals surface area contributed by atoms with Crippen molar-refractivity contribution < 1.29 is 4.39 Å². The third kappa shape index (κ3) is 2.18. The van der Waals surface area contributed by atoms with Crippen LogP contribution in [0.25, 0.3) is 11.0 Å². The lowest BCUT2D eigenvalue weighted by Crippen LogP contribution is -2.18. The van der Waals surface area contributed by atoms with E-state index in [2.05, 4.69) is 16.5 Å². The number of anilines is 1. The van der Waals surface area contributed by atoms with E-state index in [1.165, 1.54) is 18.9 Å². The number of nitrogens with zero attached hydrogens (tertiary/aromatic N) is 2. The van der Waals surface area contributed by atoms with Crippen LogP contribution in [0.1, 0.15) is 37.8 Å². The Morgan fingerprint density at radius 2 is 2.25 bits per heavy atom. The van der Waals surface area contributed by atoms with Gasteiger partial charge < -0.3 is 10.3 Å². The van der Waals surface area contributed by atoms with Crippen LogP contribution < -0.4 is 5.73 Å². The molecule has 5 heteroatoms. The van der Waals surface area contributed by atoms with Gasteiger partial charge in [0.15, 0.2) is 0 Å².